The van der Waals surface area contributed by atoms with Crippen LogP contribution in [0.5, 0.6) is 0 Å². The van der Waals surface area contributed by atoms with Crippen molar-refractivity contribution in [3.05, 3.63) is 97.7 Å². The van der Waals surface area contributed by atoms with Gasteiger partial charge in [0.25, 0.3) is 0 Å². The molecule has 1 aliphatic heterocycles. The van der Waals surface area contributed by atoms with Crippen LogP contribution in [-0.2, 0) is 28.1 Å². The molecular weight excluding hydrogens is 454 g/mol. The molecular formula is C30H37NSTi. The molecule has 2 heterocycles. The quantitative estimate of drug-likeness (QED) is 0.238. The zero-order valence-electron chi connectivity index (χ0n) is 20.9. The van der Waals surface area contributed by atoms with Gasteiger partial charge in [-0.2, -0.15) is 0 Å². The van der Waals surface area contributed by atoms with Crippen molar-refractivity contribution in [2.45, 2.75) is 51.5 Å². The summed E-state index contributed by atoms with van der Waals surface area (Å²) in [7, 11) is 0. The van der Waals surface area contributed by atoms with E-state index in [2.05, 4.69) is 75.4 Å². The van der Waals surface area contributed by atoms with Gasteiger partial charge in [-0.3, -0.25) is 0 Å². The average molecular weight is 492 g/mol. The summed E-state index contributed by atoms with van der Waals surface area (Å²) in [4.78, 5) is 1.49. The van der Waals surface area contributed by atoms with Gasteiger partial charge in [0.2, 0.25) is 0 Å². The van der Waals surface area contributed by atoms with E-state index >= 15 is 0 Å². The summed E-state index contributed by atoms with van der Waals surface area (Å²) in [5.41, 5.74) is 5.92. The van der Waals surface area contributed by atoms with Crippen molar-refractivity contribution in [2.75, 3.05) is 0 Å². The molecule has 1 nitrogen and oxygen atoms in total. The molecule has 0 amide bonds. The number of fused-ring (bicyclic) bond motifs is 6. The summed E-state index contributed by atoms with van der Waals surface area (Å²) < 4.78 is 1.44. The van der Waals surface area contributed by atoms with Crippen molar-refractivity contribution in [2.24, 2.45) is 17.8 Å². The summed E-state index contributed by atoms with van der Waals surface area (Å²) in [5.74, 6) is 3.07. The Hall–Kier alpha value is -1.35. The van der Waals surface area contributed by atoms with Gasteiger partial charge in [0, 0.05) is 9.58 Å². The van der Waals surface area contributed by atoms with Crippen molar-refractivity contribution in [3.8, 4) is 0 Å². The maximum Gasteiger partial charge on any atom is 4.00 e. The van der Waals surface area contributed by atoms with E-state index < -0.39 is 0 Å². The molecule has 3 aliphatic rings. The molecule has 1 aromatic heterocycles. The average Bonchev–Trinajstić information content (AvgIpc) is 3.23. The largest absolute Gasteiger partial charge is 4.00 e. The van der Waals surface area contributed by atoms with Gasteiger partial charge >= 0.3 is 21.7 Å². The summed E-state index contributed by atoms with van der Waals surface area (Å²) in [6.45, 7) is 7.25. The third-order valence-electron chi connectivity index (χ3n) is 7.95. The molecule has 6 atom stereocenters. The van der Waals surface area contributed by atoms with Gasteiger partial charge in [-0.25, -0.2) is 0 Å². The minimum absolute atomic E-state index is 0. The Kier molecular flexibility index (Phi) is 8.88. The van der Waals surface area contributed by atoms with Crippen molar-refractivity contribution in [1.29, 1.82) is 0 Å². The monoisotopic (exact) mass is 491 g/mol. The number of benzene rings is 2. The number of nitrogens with zero attached hydrogens (tertiary/aromatic N) is 1. The van der Waals surface area contributed by atoms with Crippen molar-refractivity contribution >= 4 is 33.2 Å². The van der Waals surface area contributed by atoms with E-state index in [9.17, 15) is 0 Å². The molecule has 33 heavy (non-hydrogen) atoms. The van der Waals surface area contributed by atoms with Crippen molar-refractivity contribution in [1.82, 2.24) is 0 Å². The van der Waals surface area contributed by atoms with E-state index in [0.29, 0.717) is 35.6 Å². The maximum absolute atomic E-state index is 5.15. The van der Waals surface area contributed by atoms with Crippen molar-refractivity contribution < 1.29 is 21.7 Å². The van der Waals surface area contributed by atoms with Crippen LogP contribution in [0, 0.1) is 40.0 Å². The molecule has 0 radical (unpaired) electrons. The molecule has 2 aromatic carbocycles. The van der Waals surface area contributed by atoms with Gasteiger partial charge in [-0.05, 0) is 59.1 Å². The molecule has 6 rings (SSSR count). The Morgan fingerprint density at radius 1 is 0.879 bits per heavy atom. The number of rotatable bonds is 1. The fourth-order valence-corrected chi connectivity index (χ4v) is 7.58. The number of hydrogen-bond donors (Lipinski definition) is 0. The van der Waals surface area contributed by atoms with Crippen LogP contribution >= 0.6 is 11.3 Å². The molecule has 6 unspecified atom stereocenters. The Bertz CT molecular complexity index is 1130. The molecule has 1 fully saturated rings. The fourth-order valence-electron chi connectivity index (χ4n) is 6.40. The van der Waals surface area contributed by atoms with Crippen LogP contribution in [0.4, 0.5) is 5.69 Å². The minimum Gasteiger partial charge on any atom is -0.681 e. The smallest absolute Gasteiger partial charge is 0.681 e. The summed E-state index contributed by atoms with van der Waals surface area (Å²) in [6, 6.07) is 16.4. The molecule has 2 aliphatic carbocycles. The first kappa shape index (κ1) is 27.9. The van der Waals surface area contributed by atoms with Gasteiger partial charge in [-0.1, -0.05) is 80.8 Å². The predicted molar refractivity (Wildman–Crippen MR) is 145 cm³/mol. The Labute approximate surface area is 221 Å². The van der Waals surface area contributed by atoms with Gasteiger partial charge in [-0.15, -0.1) is 23.1 Å². The van der Waals surface area contributed by atoms with E-state index in [1.54, 1.807) is 5.56 Å². The zero-order valence-corrected chi connectivity index (χ0v) is 23.3. The third-order valence-corrected chi connectivity index (χ3v) is 9.10. The molecule has 0 spiro atoms. The number of hydrogen-bond acceptors (Lipinski definition) is 1. The molecule has 0 bridgehead atoms. The Morgan fingerprint density at radius 3 is 2.39 bits per heavy atom. The van der Waals surface area contributed by atoms with Crippen LogP contribution in [0.15, 0.2) is 48.5 Å². The normalized spacial score (nSPS) is 28.6. The maximum atomic E-state index is 5.15. The Morgan fingerprint density at radius 2 is 1.61 bits per heavy atom. The van der Waals surface area contributed by atoms with Crippen molar-refractivity contribution in [3.63, 3.8) is 0 Å². The van der Waals surface area contributed by atoms with E-state index in [1.807, 2.05) is 11.3 Å². The van der Waals surface area contributed by atoms with E-state index in [-0.39, 0.29) is 44.0 Å². The van der Waals surface area contributed by atoms with Gasteiger partial charge in [0.15, 0.2) is 0 Å². The summed E-state index contributed by atoms with van der Waals surface area (Å²) >= 11 is 1.97. The van der Waals surface area contributed by atoms with E-state index in [1.165, 1.54) is 44.6 Å². The second-order valence-electron chi connectivity index (χ2n) is 9.45. The van der Waals surface area contributed by atoms with Gasteiger partial charge < -0.3 is 27.6 Å². The van der Waals surface area contributed by atoms with E-state index in [0.717, 1.165) is 0 Å². The predicted octanol–water partition coefficient (Wildman–Crippen LogP) is 9.39. The number of para-hydroxylation sites is 1. The van der Waals surface area contributed by atoms with Crippen LogP contribution in [0.3, 0.4) is 0 Å². The second kappa shape index (κ2) is 10.5. The topological polar surface area (TPSA) is 14.1 Å². The summed E-state index contributed by atoms with van der Waals surface area (Å²) in [6.07, 6.45) is 7.32. The molecule has 3 heteroatoms. The first-order valence-electron chi connectivity index (χ1n) is 11.2. The number of aryl methyl sites for hydroxylation is 1. The Balaban J connectivity index is 0.000000963. The van der Waals surface area contributed by atoms with Crippen LogP contribution in [0.25, 0.3) is 21.5 Å². The third kappa shape index (κ3) is 4.17. The standard InChI is InChI=1S/C27H28NS.3CH3.Ti/c1-15-11-12-18-7-6-9-21(27(18)28-15)24-16(2)17(3)25-20(24)13-14-23-26(25)19-8-4-5-10-22(19)29-23;;;;/h4-10,13-17,20,24-25H,11-12H2,1-3H3;3*1H3;/q4*-1;+4. The minimum atomic E-state index is 0. The van der Waals surface area contributed by atoms with Gasteiger partial charge in [0.05, 0.1) is 0 Å². The first-order valence-corrected chi connectivity index (χ1v) is 12.0. The van der Waals surface area contributed by atoms with E-state index in [4.69, 9.17) is 5.32 Å². The zero-order chi connectivity index (χ0) is 19.7. The van der Waals surface area contributed by atoms with Crippen LogP contribution < -0.4 is 0 Å². The molecule has 1 saturated carbocycles. The molecule has 3 aromatic rings. The molecule has 0 N–H and O–H groups in total. The number of thiophene rings is 1. The van der Waals surface area contributed by atoms with Crippen LogP contribution in [0.2, 0.25) is 0 Å². The van der Waals surface area contributed by atoms with Crippen LogP contribution in [-0.4, -0.2) is 6.04 Å². The first-order chi connectivity index (χ1) is 14.1. The second-order valence-corrected chi connectivity index (χ2v) is 10.5. The molecule has 0 saturated heterocycles. The van der Waals surface area contributed by atoms with Gasteiger partial charge in [0.1, 0.15) is 0 Å². The number of allylic oxidation sites excluding steroid dienone is 1. The molecule has 172 valence electrons. The fraction of sp³-hybridized carbons (Fsp3) is 0.367. The van der Waals surface area contributed by atoms with Crippen LogP contribution in [0.1, 0.15) is 60.6 Å². The summed E-state index contributed by atoms with van der Waals surface area (Å²) in [5, 5.41) is 6.64. The SMILES string of the molecule is CC1CCc2cccc(C3C(C)C(C)C4c5c(sc6ccccc56)C=CC34)c2[N-]1.[CH3-].[CH3-].[CH3-].[Ti+4].